The van der Waals surface area contributed by atoms with Crippen LogP contribution in [0.1, 0.15) is 23.7 Å². The first kappa shape index (κ1) is 14.1. The van der Waals surface area contributed by atoms with Gasteiger partial charge >= 0.3 is 0 Å². The Morgan fingerprint density at radius 1 is 1.36 bits per heavy atom. The molecular formula is C17H18N2O2S. The van der Waals surface area contributed by atoms with Crippen LogP contribution in [0.25, 0.3) is 10.8 Å². The molecule has 0 aliphatic carbocycles. The Balaban J connectivity index is 1.73. The highest BCUT2D eigenvalue weighted by Gasteiger charge is 2.29. The van der Waals surface area contributed by atoms with E-state index in [-0.39, 0.29) is 5.91 Å². The highest BCUT2D eigenvalue weighted by molar-refractivity contribution is 7.97. The van der Waals surface area contributed by atoms with Crippen LogP contribution in [0.3, 0.4) is 0 Å². The minimum Gasteiger partial charge on any atom is -0.380 e. The number of anilines is 1. The van der Waals surface area contributed by atoms with Gasteiger partial charge in [-0.2, -0.15) is 0 Å². The molecule has 0 aromatic heterocycles. The first-order chi connectivity index (χ1) is 10.8. The van der Waals surface area contributed by atoms with E-state index in [1.807, 2.05) is 24.0 Å². The number of hydrogen-bond donors (Lipinski definition) is 1. The van der Waals surface area contributed by atoms with E-state index in [1.54, 1.807) is 11.9 Å². The summed E-state index contributed by atoms with van der Waals surface area (Å²) in [6.45, 7) is 4.32. The number of carbonyl (C=O) groups is 1. The van der Waals surface area contributed by atoms with Crippen LogP contribution in [0, 0.1) is 0 Å². The maximum atomic E-state index is 12.5. The van der Waals surface area contributed by atoms with Crippen molar-refractivity contribution >= 4 is 34.3 Å². The predicted octanol–water partition coefficient (Wildman–Crippen LogP) is 3.21. The first-order valence-corrected chi connectivity index (χ1v) is 8.49. The van der Waals surface area contributed by atoms with Crippen molar-refractivity contribution in [3.8, 4) is 0 Å². The summed E-state index contributed by atoms with van der Waals surface area (Å²) in [7, 11) is 0. The molecule has 1 N–H and O–H groups in total. The molecule has 1 saturated heterocycles. The van der Waals surface area contributed by atoms with Crippen LogP contribution in [0.15, 0.2) is 35.2 Å². The van der Waals surface area contributed by atoms with Crippen molar-refractivity contribution in [1.29, 1.82) is 0 Å². The fourth-order valence-electron chi connectivity index (χ4n) is 3.20. The second-order valence-corrected chi connectivity index (χ2v) is 6.52. The topological polar surface area (TPSA) is 41.6 Å². The molecule has 2 aromatic rings. The second-order valence-electron chi connectivity index (χ2n) is 5.64. The van der Waals surface area contributed by atoms with Gasteiger partial charge in [0, 0.05) is 35.0 Å². The fraction of sp³-hybridized carbons (Fsp3) is 0.353. The predicted molar refractivity (Wildman–Crippen MR) is 89.5 cm³/mol. The summed E-state index contributed by atoms with van der Waals surface area (Å²) in [5.74, 6) is 0.113. The Morgan fingerprint density at radius 2 is 2.27 bits per heavy atom. The number of rotatable bonds is 4. The van der Waals surface area contributed by atoms with Crippen molar-refractivity contribution in [2.24, 2.45) is 0 Å². The maximum absolute atomic E-state index is 12.5. The number of carbonyl (C=O) groups excluding carboxylic acids is 1. The lowest BCUT2D eigenvalue weighted by atomic mass is 10.1. The van der Waals surface area contributed by atoms with Crippen molar-refractivity contribution in [2.45, 2.75) is 24.3 Å². The van der Waals surface area contributed by atoms with Gasteiger partial charge in [0.1, 0.15) is 0 Å². The van der Waals surface area contributed by atoms with Gasteiger partial charge in [0.2, 0.25) is 0 Å². The van der Waals surface area contributed by atoms with Gasteiger partial charge in [-0.15, -0.1) is 0 Å². The molecule has 2 aromatic carbocycles. The quantitative estimate of drug-likeness (QED) is 0.880. The van der Waals surface area contributed by atoms with Crippen LogP contribution in [-0.4, -0.2) is 31.7 Å². The van der Waals surface area contributed by atoms with Crippen molar-refractivity contribution in [1.82, 2.24) is 4.72 Å². The summed E-state index contributed by atoms with van der Waals surface area (Å²) in [6.07, 6.45) is 1.05. The van der Waals surface area contributed by atoms with Crippen LogP contribution >= 0.6 is 11.9 Å². The molecule has 2 heterocycles. The molecule has 1 amide bonds. The van der Waals surface area contributed by atoms with Gasteiger partial charge < -0.3 is 9.64 Å². The zero-order valence-electron chi connectivity index (χ0n) is 12.5. The molecule has 0 spiro atoms. The molecule has 22 heavy (non-hydrogen) atoms. The van der Waals surface area contributed by atoms with E-state index in [2.05, 4.69) is 22.9 Å². The Labute approximate surface area is 133 Å². The monoisotopic (exact) mass is 314 g/mol. The minimum absolute atomic E-state index is 0.113. The van der Waals surface area contributed by atoms with Gasteiger partial charge in [0.15, 0.2) is 0 Å². The van der Waals surface area contributed by atoms with Gasteiger partial charge in [-0.3, -0.25) is 9.52 Å². The number of nitrogens with zero attached hydrogens (tertiary/aromatic N) is 1. The second kappa shape index (κ2) is 5.57. The fourth-order valence-corrected chi connectivity index (χ4v) is 4.09. The number of amides is 1. The Bertz CT molecular complexity index is 741. The lowest BCUT2D eigenvalue weighted by Gasteiger charge is -2.16. The highest BCUT2D eigenvalue weighted by Crippen LogP contribution is 2.41. The lowest BCUT2D eigenvalue weighted by Crippen LogP contribution is -2.25. The smallest absolute Gasteiger partial charge is 0.258 e. The summed E-state index contributed by atoms with van der Waals surface area (Å²) in [5, 5.41) is 2.24. The molecule has 5 heteroatoms. The molecule has 4 nitrogen and oxygen atoms in total. The molecule has 0 radical (unpaired) electrons. The third-order valence-electron chi connectivity index (χ3n) is 4.33. The normalized spacial score (nSPS) is 20.3. The van der Waals surface area contributed by atoms with Gasteiger partial charge in [0.25, 0.3) is 5.91 Å². The Hall–Kier alpha value is -1.56. The molecule has 2 aliphatic heterocycles. The van der Waals surface area contributed by atoms with Crippen LogP contribution in [0.5, 0.6) is 0 Å². The largest absolute Gasteiger partial charge is 0.380 e. The minimum atomic E-state index is 0.113. The number of ether oxygens (including phenoxy) is 1. The molecule has 1 unspecified atom stereocenters. The van der Waals surface area contributed by atoms with Crippen LogP contribution < -0.4 is 9.62 Å². The zero-order valence-corrected chi connectivity index (χ0v) is 13.3. The number of hydrogen-bond acceptors (Lipinski definition) is 4. The van der Waals surface area contributed by atoms with Crippen molar-refractivity contribution < 1.29 is 9.53 Å². The van der Waals surface area contributed by atoms with E-state index < -0.39 is 0 Å². The third-order valence-corrected chi connectivity index (χ3v) is 5.35. The van der Waals surface area contributed by atoms with E-state index in [1.165, 1.54) is 4.90 Å². The molecular weight excluding hydrogens is 296 g/mol. The Kier molecular flexibility index (Phi) is 3.56. The summed E-state index contributed by atoms with van der Waals surface area (Å²) < 4.78 is 8.88. The molecule has 114 valence electrons. The van der Waals surface area contributed by atoms with Crippen molar-refractivity contribution in [2.75, 3.05) is 24.7 Å². The van der Waals surface area contributed by atoms with E-state index in [9.17, 15) is 4.79 Å². The molecule has 0 saturated carbocycles. The summed E-state index contributed by atoms with van der Waals surface area (Å²) in [4.78, 5) is 15.5. The molecule has 1 fully saturated rings. The average Bonchev–Trinajstić information content (AvgIpc) is 3.15. The van der Waals surface area contributed by atoms with E-state index in [0.29, 0.717) is 12.6 Å². The summed E-state index contributed by atoms with van der Waals surface area (Å²) in [5.41, 5.74) is 1.85. The zero-order chi connectivity index (χ0) is 15.1. The summed E-state index contributed by atoms with van der Waals surface area (Å²) in [6, 6.07) is 10.6. The third kappa shape index (κ3) is 2.12. The van der Waals surface area contributed by atoms with Gasteiger partial charge in [0.05, 0.1) is 12.3 Å². The lowest BCUT2D eigenvalue weighted by molar-refractivity contribution is 0.0994. The maximum Gasteiger partial charge on any atom is 0.258 e. The van der Waals surface area contributed by atoms with E-state index >= 15 is 0 Å². The van der Waals surface area contributed by atoms with Crippen LogP contribution in [-0.2, 0) is 4.74 Å². The highest BCUT2D eigenvalue weighted by atomic mass is 32.2. The molecule has 4 rings (SSSR count). The number of benzene rings is 2. The van der Waals surface area contributed by atoms with Gasteiger partial charge in [-0.1, -0.05) is 12.1 Å². The van der Waals surface area contributed by atoms with E-state index in [4.69, 9.17) is 4.74 Å². The molecule has 0 bridgehead atoms. The first-order valence-electron chi connectivity index (χ1n) is 7.67. The van der Waals surface area contributed by atoms with Gasteiger partial charge in [-0.25, -0.2) is 0 Å². The SMILES string of the molecule is CCN1C(=O)c2cccc3c(SNC4CCOC4)ccc1c23. The van der Waals surface area contributed by atoms with Crippen molar-refractivity contribution in [3.63, 3.8) is 0 Å². The van der Waals surface area contributed by atoms with Crippen LogP contribution in [0.4, 0.5) is 5.69 Å². The molecule has 1 atom stereocenters. The Morgan fingerprint density at radius 3 is 3.05 bits per heavy atom. The van der Waals surface area contributed by atoms with Crippen LogP contribution in [0.2, 0.25) is 0 Å². The average molecular weight is 314 g/mol. The number of nitrogens with one attached hydrogen (secondary N) is 1. The van der Waals surface area contributed by atoms with Crippen molar-refractivity contribution in [3.05, 3.63) is 35.9 Å². The van der Waals surface area contributed by atoms with E-state index in [0.717, 1.165) is 41.7 Å². The molecule has 2 aliphatic rings. The van der Waals surface area contributed by atoms with Gasteiger partial charge in [-0.05, 0) is 48.9 Å². The summed E-state index contributed by atoms with van der Waals surface area (Å²) >= 11 is 1.64. The standard InChI is InChI=1S/C17H18N2O2S/c1-2-19-14-6-7-15(22-18-11-8-9-21-10-11)12-4-3-5-13(16(12)14)17(19)20/h3-7,11,18H,2,8-10H2,1H3.